The van der Waals surface area contributed by atoms with Crippen molar-refractivity contribution in [2.45, 2.75) is 51.5 Å². The van der Waals surface area contributed by atoms with Crippen LogP contribution in [0.15, 0.2) is 24.3 Å². The second kappa shape index (κ2) is 11.1. The van der Waals surface area contributed by atoms with E-state index in [1.54, 1.807) is 12.0 Å². The molecule has 1 aromatic carbocycles. The van der Waals surface area contributed by atoms with E-state index < -0.39 is 18.2 Å². The molecule has 2 amide bonds. The highest BCUT2D eigenvalue weighted by Crippen LogP contribution is 2.30. The number of hydrogen-bond acceptors (Lipinski definition) is 7. The molecule has 0 spiro atoms. The number of rotatable bonds is 8. The van der Waals surface area contributed by atoms with Gasteiger partial charge in [0, 0.05) is 44.5 Å². The van der Waals surface area contributed by atoms with E-state index in [9.17, 15) is 14.4 Å². The molecule has 3 heterocycles. The van der Waals surface area contributed by atoms with E-state index in [0.717, 1.165) is 38.4 Å². The third-order valence-corrected chi connectivity index (χ3v) is 7.35. The van der Waals surface area contributed by atoms with Crippen LogP contribution in [0.1, 0.15) is 37.6 Å². The predicted molar refractivity (Wildman–Crippen MR) is 133 cm³/mol. The summed E-state index contributed by atoms with van der Waals surface area (Å²) < 4.78 is 11.1. The Balaban J connectivity index is 1.43. The summed E-state index contributed by atoms with van der Waals surface area (Å²) in [5, 5.41) is 2.94. The molecule has 0 radical (unpaired) electrons. The maximum Gasteiger partial charge on any atom is 0.251 e. The van der Waals surface area contributed by atoms with Gasteiger partial charge in [-0.2, -0.15) is 0 Å². The van der Waals surface area contributed by atoms with Crippen molar-refractivity contribution in [1.82, 2.24) is 15.1 Å². The van der Waals surface area contributed by atoms with Gasteiger partial charge in [0.15, 0.2) is 5.78 Å². The summed E-state index contributed by atoms with van der Waals surface area (Å²) in [5.41, 5.74) is 1.61. The summed E-state index contributed by atoms with van der Waals surface area (Å²) in [6.07, 6.45) is -0.318. The van der Waals surface area contributed by atoms with Crippen LogP contribution in [0.2, 0.25) is 0 Å². The van der Waals surface area contributed by atoms with Gasteiger partial charge in [0.25, 0.3) is 5.91 Å². The van der Waals surface area contributed by atoms with Gasteiger partial charge in [-0.05, 0) is 43.1 Å². The van der Waals surface area contributed by atoms with Gasteiger partial charge in [-0.1, -0.05) is 20.8 Å². The highest BCUT2D eigenvalue weighted by molar-refractivity contribution is 5.99. The first kappa shape index (κ1) is 25.6. The molecule has 4 rings (SSSR count). The number of benzene rings is 1. The molecule has 3 fully saturated rings. The molecule has 192 valence electrons. The lowest BCUT2D eigenvalue weighted by molar-refractivity contribution is -0.138. The minimum Gasteiger partial charge on any atom is -0.377 e. The van der Waals surface area contributed by atoms with Crippen molar-refractivity contribution in [2.24, 2.45) is 5.92 Å². The minimum atomic E-state index is -0.728. The highest BCUT2D eigenvalue weighted by atomic mass is 16.5. The number of fused-ring (bicyclic) bond motifs is 1. The van der Waals surface area contributed by atoms with E-state index in [2.05, 4.69) is 22.0 Å². The average molecular weight is 487 g/mol. The van der Waals surface area contributed by atoms with Crippen molar-refractivity contribution in [1.29, 1.82) is 0 Å². The highest BCUT2D eigenvalue weighted by Gasteiger charge is 2.53. The van der Waals surface area contributed by atoms with Crippen molar-refractivity contribution < 1.29 is 23.9 Å². The van der Waals surface area contributed by atoms with Crippen LogP contribution in [0, 0.1) is 5.92 Å². The van der Waals surface area contributed by atoms with Crippen LogP contribution < -0.4 is 10.2 Å². The number of carbonyl (C=O) groups is 3. The molecular weight excluding hydrogens is 448 g/mol. The summed E-state index contributed by atoms with van der Waals surface area (Å²) in [6, 6.07) is 6.20. The van der Waals surface area contributed by atoms with Crippen LogP contribution in [0.25, 0.3) is 0 Å². The van der Waals surface area contributed by atoms with E-state index in [1.807, 2.05) is 38.1 Å². The van der Waals surface area contributed by atoms with Gasteiger partial charge in [-0.25, -0.2) is 0 Å². The Kier molecular flexibility index (Phi) is 8.09. The second-order valence-corrected chi connectivity index (χ2v) is 10.1. The van der Waals surface area contributed by atoms with Crippen LogP contribution in [-0.2, 0) is 19.1 Å². The number of carbonyl (C=O) groups excluding carboxylic acids is 3. The van der Waals surface area contributed by atoms with Gasteiger partial charge < -0.3 is 29.5 Å². The van der Waals surface area contributed by atoms with E-state index in [-0.39, 0.29) is 42.8 Å². The van der Waals surface area contributed by atoms with Crippen LogP contribution in [0.3, 0.4) is 0 Å². The quantitative estimate of drug-likeness (QED) is 0.590. The molecular formula is C26H38N4O5. The predicted octanol–water partition coefficient (Wildman–Crippen LogP) is 1.17. The van der Waals surface area contributed by atoms with Gasteiger partial charge in [0.2, 0.25) is 5.91 Å². The van der Waals surface area contributed by atoms with Gasteiger partial charge in [0.1, 0.15) is 30.9 Å². The molecule has 3 aliphatic rings. The van der Waals surface area contributed by atoms with Gasteiger partial charge in [-0.3, -0.25) is 14.4 Å². The molecule has 9 heteroatoms. The Hall–Kier alpha value is -2.49. The van der Waals surface area contributed by atoms with Gasteiger partial charge in [-0.15, -0.1) is 0 Å². The Morgan fingerprint density at radius 3 is 2.43 bits per heavy atom. The number of piperazine rings is 1. The van der Waals surface area contributed by atoms with Crippen LogP contribution in [-0.4, -0.2) is 105 Å². The van der Waals surface area contributed by atoms with E-state index >= 15 is 0 Å². The van der Waals surface area contributed by atoms with Crippen molar-refractivity contribution in [3.05, 3.63) is 29.8 Å². The van der Waals surface area contributed by atoms with Crippen molar-refractivity contribution in [3.8, 4) is 0 Å². The fourth-order valence-electron chi connectivity index (χ4n) is 5.33. The first-order chi connectivity index (χ1) is 16.8. The van der Waals surface area contributed by atoms with E-state index in [1.165, 1.54) is 0 Å². The molecule has 1 aromatic rings. The number of amides is 2. The average Bonchev–Trinajstić information content (AvgIpc) is 3.43. The number of anilines is 1. The Bertz CT molecular complexity index is 913. The molecule has 0 bridgehead atoms. The molecule has 0 saturated carbocycles. The zero-order valence-electron chi connectivity index (χ0n) is 21.2. The number of likely N-dealkylation sites (N-methyl/N-ethyl adjacent to an activating group) is 1. The minimum absolute atomic E-state index is 0.0139. The lowest BCUT2D eigenvalue weighted by atomic mass is 10.0. The largest absolute Gasteiger partial charge is 0.377 e. The number of Topliss-reactive ketones (excluding diaryl/α,β-unsaturated/α-hetero) is 1. The van der Waals surface area contributed by atoms with E-state index in [4.69, 9.17) is 9.47 Å². The standard InChI is InChI=1S/C26H38N4O5/c1-5-28-10-12-29(13-11-28)19-8-6-18(7-9-19)25(32)27-20(14-17(2)3)26(33)30-15-22(34-4)24-23(30)21(31)16-35-24/h6-9,17,20,22-24H,5,10-16H2,1-4H3,(H,27,32)/t20-,22+,23+,24+/m0/s1. The summed E-state index contributed by atoms with van der Waals surface area (Å²) in [7, 11) is 1.56. The summed E-state index contributed by atoms with van der Waals surface area (Å²) >= 11 is 0. The summed E-state index contributed by atoms with van der Waals surface area (Å²) in [6.45, 7) is 11.5. The molecule has 35 heavy (non-hydrogen) atoms. The molecule has 3 saturated heterocycles. The molecule has 4 atom stereocenters. The first-order valence-corrected chi connectivity index (χ1v) is 12.7. The molecule has 0 aliphatic carbocycles. The third-order valence-electron chi connectivity index (χ3n) is 7.35. The van der Waals surface area contributed by atoms with Crippen LogP contribution in [0.4, 0.5) is 5.69 Å². The molecule has 1 N–H and O–H groups in total. The zero-order chi connectivity index (χ0) is 25.1. The Morgan fingerprint density at radius 1 is 1.14 bits per heavy atom. The zero-order valence-corrected chi connectivity index (χ0v) is 21.2. The first-order valence-electron chi connectivity index (χ1n) is 12.7. The normalized spacial score (nSPS) is 25.7. The van der Waals surface area contributed by atoms with Crippen LogP contribution in [0.5, 0.6) is 0 Å². The Morgan fingerprint density at radius 2 is 1.83 bits per heavy atom. The molecule has 3 aliphatic heterocycles. The fourth-order valence-corrected chi connectivity index (χ4v) is 5.33. The molecule has 9 nitrogen and oxygen atoms in total. The maximum atomic E-state index is 13.5. The SMILES string of the molecule is CCN1CCN(c2ccc(C(=O)N[C@@H](CC(C)C)C(=O)N3C[C@@H](OC)[C@H]4OCC(=O)[C@H]43)cc2)CC1. The lowest BCUT2D eigenvalue weighted by Gasteiger charge is -2.35. The number of ether oxygens (including phenoxy) is 2. The van der Waals surface area contributed by atoms with E-state index in [0.29, 0.717) is 12.0 Å². The second-order valence-electron chi connectivity index (χ2n) is 10.1. The molecule has 0 aromatic heterocycles. The van der Waals surface area contributed by atoms with Gasteiger partial charge >= 0.3 is 0 Å². The fraction of sp³-hybridized carbons (Fsp3) is 0.654. The lowest BCUT2D eigenvalue weighted by Crippen LogP contribution is -2.52. The summed E-state index contributed by atoms with van der Waals surface area (Å²) in [4.78, 5) is 45.4. The molecule has 0 unspecified atom stereocenters. The number of hydrogen-bond donors (Lipinski definition) is 1. The topological polar surface area (TPSA) is 91.4 Å². The number of methoxy groups -OCH3 is 1. The third kappa shape index (κ3) is 5.52. The number of likely N-dealkylation sites (tertiary alicyclic amines) is 1. The summed E-state index contributed by atoms with van der Waals surface area (Å²) in [5.74, 6) is -0.487. The van der Waals surface area contributed by atoms with Crippen LogP contribution >= 0.6 is 0 Å². The maximum absolute atomic E-state index is 13.5. The number of nitrogens with zero attached hydrogens (tertiary/aromatic N) is 3. The van der Waals surface area contributed by atoms with Crippen molar-refractivity contribution in [2.75, 3.05) is 57.9 Å². The Labute approximate surface area is 207 Å². The number of nitrogens with one attached hydrogen (secondary N) is 1. The monoisotopic (exact) mass is 486 g/mol. The van der Waals surface area contributed by atoms with Gasteiger partial charge in [0.05, 0.1) is 6.54 Å². The smallest absolute Gasteiger partial charge is 0.251 e. The number of ketones is 1. The van der Waals surface area contributed by atoms with Crippen molar-refractivity contribution in [3.63, 3.8) is 0 Å². The van der Waals surface area contributed by atoms with Crippen molar-refractivity contribution >= 4 is 23.3 Å².